The van der Waals surface area contributed by atoms with Crippen LogP contribution in [0, 0.1) is 0 Å². The van der Waals surface area contributed by atoms with Gasteiger partial charge in [-0.3, -0.25) is 9.59 Å². The van der Waals surface area contributed by atoms with Crippen molar-refractivity contribution < 1.29 is 19.1 Å². The number of ether oxygens (including phenoxy) is 1. The van der Waals surface area contributed by atoms with Gasteiger partial charge >= 0.3 is 5.97 Å². The normalized spacial score (nSPS) is 16.0. The molecule has 174 valence electrons. The first kappa shape index (κ1) is 24.2. The first-order valence-electron chi connectivity index (χ1n) is 11.6. The van der Waals surface area contributed by atoms with Gasteiger partial charge in [0.1, 0.15) is 0 Å². The molecule has 1 aliphatic rings. The fourth-order valence-corrected chi connectivity index (χ4v) is 4.12. The molecule has 0 saturated carbocycles. The van der Waals surface area contributed by atoms with E-state index in [0.717, 1.165) is 24.0 Å². The second-order valence-corrected chi connectivity index (χ2v) is 8.18. The van der Waals surface area contributed by atoms with E-state index in [4.69, 9.17) is 4.74 Å². The number of rotatable bonds is 9. The van der Waals surface area contributed by atoms with Gasteiger partial charge in [0, 0.05) is 30.1 Å². The highest BCUT2D eigenvalue weighted by Gasteiger charge is 2.36. The molecule has 2 aromatic carbocycles. The Morgan fingerprint density at radius 2 is 1.85 bits per heavy atom. The first-order valence-corrected chi connectivity index (χ1v) is 11.6. The van der Waals surface area contributed by atoms with E-state index in [9.17, 15) is 14.4 Å². The molecule has 3 rings (SSSR count). The van der Waals surface area contributed by atoms with Crippen molar-refractivity contribution in [2.75, 3.05) is 13.2 Å². The number of amides is 2. The summed E-state index contributed by atoms with van der Waals surface area (Å²) in [5.41, 5.74) is 3.40. The highest BCUT2D eigenvalue weighted by atomic mass is 16.5. The van der Waals surface area contributed by atoms with Gasteiger partial charge in [-0.1, -0.05) is 55.8 Å². The average molecular weight is 449 g/mol. The van der Waals surface area contributed by atoms with Crippen molar-refractivity contribution in [3.8, 4) is 0 Å². The smallest absolute Gasteiger partial charge is 0.336 e. The van der Waals surface area contributed by atoms with Gasteiger partial charge in [-0.25, -0.2) is 4.79 Å². The largest absolute Gasteiger partial charge is 0.463 e. The molecule has 0 aliphatic carbocycles. The van der Waals surface area contributed by atoms with Gasteiger partial charge in [-0.05, 0) is 43.5 Å². The maximum absolute atomic E-state index is 13.2. The van der Waals surface area contributed by atoms with E-state index in [0.29, 0.717) is 23.4 Å². The van der Waals surface area contributed by atoms with Crippen LogP contribution in [0.25, 0.3) is 0 Å². The molecule has 1 N–H and O–H groups in total. The molecule has 33 heavy (non-hydrogen) atoms. The quantitative estimate of drug-likeness (QED) is 0.450. The van der Waals surface area contributed by atoms with Crippen molar-refractivity contribution in [3.63, 3.8) is 0 Å². The highest BCUT2D eigenvalue weighted by molar-refractivity contribution is 5.96. The summed E-state index contributed by atoms with van der Waals surface area (Å²) in [4.78, 5) is 40.1. The molecule has 0 fully saturated rings. The van der Waals surface area contributed by atoms with Crippen LogP contribution < -0.4 is 5.32 Å². The Kier molecular flexibility index (Phi) is 8.41. The number of benzene rings is 2. The van der Waals surface area contributed by atoms with Gasteiger partial charge in [-0.15, -0.1) is 0 Å². The van der Waals surface area contributed by atoms with Crippen LogP contribution in [0.15, 0.2) is 65.9 Å². The van der Waals surface area contributed by atoms with E-state index in [1.54, 1.807) is 30.9 Å². The maximum atomic E-state index is 13.2. The molecule has 0 spiro atoms. The Hall–Kier alpha value is -3.41. The van der Waals surface area contributed by atoms with Gasteiger partial charge in [0.2, 0.25) is 5.91 Å². The number of esters is 1. The minimum atomic E-state index is -0.398. The van der Waals surface area contributed by atoms with Crippen LogP contribution in [0.4, 0.5) is 0 Å². The van der Waals surface area contributed by atoms with Gasteiger partial charge in [0.15, 0.2) is 0 Å². The Bertz CT molecular complexity index is 1030. The van der Waals surface area contributed by atoms with E-state index in [-0.39, 0.29) is 37.3 Å². The lowest BCUT2D eigenvalue weighted by Crippen LogP contribution is -2.38. The molecule has 0 aromatic heterocycles. The van der Waals surface area contributed by atoms with Gasteiger partial charge in [-0.2, -0.15) is 0 Å². The fraction of sp³-hybridized carbons (Fsp3) is 0.370. The van der Waals surface area contributed by atoms with Gasteiger partial charge in [0.05, 0.1) is 18.7 Å². The molecule has 2 aromatic rings. The molecule has 0 saturated heterocycles. The third-order valence-electron chi connectivity index (χ3n) is 5.87. The zero-order valence-electron chi connectivity index (χ0n) is 19.6. The summed E-state index contributed by atoms with van der Waals surface area (Å²) in [6, 6.07) is 16.8. The van der Waals surface area contributed by atoms with E-state index in [1.165, 1.54) is 0 Å². The third-order valence-corrected chi connectivity index (χ3v) is 5.87. The van der Waals surface area contributed by atoms with E-state index in [2.05, 4.69) is 12.2 Å². The molecular weight excluding hydrogens is 416 g/mol. The van der Waals surface area contributed by atoms with Crippen LogP contribution in [-0.4, -0.2) is 35.8 Å². The van der Waals surface area contributed by atoms with Crippen molar-refractivity contribution >= 4 is 17.8 Å². The molecule has 1 aliphatic heterocycles. The SMILES string of the molecule is CCCCNC(=O)c1cccc(CN2C(=O)CC(c3ccccc3)C(C(=O)OCC)=C2C)c1. The van der Waals surface area contributed by atoms with Crippen LogP contribution in [0.3, 0.4) is 0 Å². The summed E-state index contributed by atoms with van der Waals surface area (Å²) in [7, 11) is 0. The predicted molar refractivity (Wildman–Crippen MR) is 127 cm³/mol. The fourth-order valence-electron chi connectivity index (χ4n) is 4.12. The third kappa shape index (κ3) is 5.89. The van der Waals surface area contributed by atoms with E-state index in [1.807, 2.05) is 42.5 Å². The molecular formula is C27H32N2O4. The van der Waals surface area contributed by atoms with Crippen LogP contribution >= 0.6 is 0 Å². The highest BCUT2D eigenvalue weighted by Crippen LogP contribution is 2.37. The number of hydrogen-bond donors (Lipinski definition) is 1. The second-order valence-electron chi connectivity index (χ2n) is 8.18. The Morgan fingerprint density at radius 1 is 1.09 bits per heavy atom. The molecule has 6 nitrogen and oxygen atoms in total. The number of hydrogen-bond acceptors (Lipinski definition) is 4. The molecule has 2 amide bonds. The second kappa shape index (κ2) is 11.5. The van der Waals surface area contributed by atoms with Crippen molar-refractivity contribution in [1.82, 2.24) is 10.2 Å². The predicted octanol–water partition coefficient (Wildman–Crippen LogP) is 4.57. The summed E-state index contributed by atoms with van der Waals surface area (Å²) < 4.78 is 5.35. The average Bonchev–Trinajstić information content (AvgIpc) is 2.82. The zero-order valence-corrected chi connectivity index (χ0v) is 19.6. The van der Waals surface area contributed by atoms with Crippen LogP contribution in [0.5, 0.6) is 0 Å². The molecule has 0 bridgehead atoms. The Balaban J connectivity index is 1.89. The molecule has 1 heterocycles. The zero-order chi connectivity index (χ0) is 23.8. The van der Waals surface area contributed by atoms with E-state index < -0.39 is 5.97 Å². The Morgan fingerprint density at radius 3 is 2.55 bits per heavy atom. The summed E-state index contributed by atoms with van der Waals surface area (Å²) in [5.74, 6) is -0.929. The van der Waals surface area contributed by atoms with Crippen molar-refractivity contribution in [2.24, 2.45) is 0 Å². The number of carbonyl (C=O) groups excluding carboxylic acids is 3. The summed E-state index contributed by atoms with van der Waals surface area (Å²) in [6.07, 6.45) is 2.12. The molecule has 0 radical (unpaired) electrons. The molecule has 6 heteroatoms. The lowest BCUT2D eigenvalue weighted by Gasteiger charge is -2.34. The number of carbonyl (C=O) groups is 3. The van der Waals surface area contributed by atoms with Crippen molar-refractivity contribution in [3.05, 3.63) is 82.6 Å². The molecule has 1 atom stereocenters. The van der Waals surface area contributed by atoms with Crippen LogP contribution in [-0.2, 0) is 20.9 Å². The van der Waals surface area contributed by atoms with Crippen LogP contribution in [0.1, 0.15) is 67.4 Å². The summed E-state index contributed by atoms with van der Waals surface area (Å²) in [5, 5.41) is 2.92. The van der Waals surface area contributed by atoms with E-state index >= 15 is 0 Å². The first-order chi connectivity index (χ1) is 16.0. The summed E-state index contributed by atoms with van der Waals surface area (Å²) in [6.45, 7) is 6.82. The number of unbranched alkanes of at least 4 members (excludes halogenated alkanes) is 1. The van der Waals surface area contributed by atoms with Crippen molar-refractivity contribution in [1.29, 1.82) is 0 Å². The van der Waals surface area contributed by atoms with Crippen molar-refractivity contribution in [2.45, 2.75) is 52.5 Å². The molecule has 1 unspecified atom stereocenters. The number of nitrogens with one attached hydrogen (secondary N) is 1. The minimum Gasteiger partial charge on any atom is -0.463 e. The topological polar surface area (TPSA) is 75.7 Å². The van der Waals surface area contributed by atoms with Gasteiger partial charge < -0.3 is 15.0 Å². The number of nitrogens with zero attached hydrogens (tertiary/aromatic N) is 1. The Labute approximate surface area is 195 Å². The van der Waals surface area contributed by atoms with Crippen LogP contribution in [0.2, 0.25) is 0 Å². The maximum Gasteiger partial charge on any atom is 0.336 e. The minimum absolute atomic E-state index is 0.0628. The number of allylic oxidation sites excluding steroid dienone is 1. The van der Waals surface area contributed by atoms with Gasteiger partial charge in [0.25, 0.3) is 5.91 Å². The lowest BCUT2D eigenvalue weighted by atomic mass is 9.83. The lowest BCUT2D eigenvalue weighted by molar-refractivity contribution is -0.140. The monoisotopic (exact) mass is 448 g/mol. The standard InChI is InChI=1S/C27H32N2O4/c1-4-6-15-28-26(31)22-14-10-11-20(16-22)18-29-19(3)25(27(32)33-5-2)23(17-24(29)30)21-12-8-7-9-13-21/h7-14,16,23H,4-6,15,17-18H2,1-3H3,(H,28,31). The summed E-state index contributed by atoms with van der Waals surface area (Å²) >= 11 is 0.